The predicted octanol–water partition coefficient (Wildman–Crippen LogP) is 2.96. The lowest BCUT2D eigenvalue weighted by Gasteiger charge is -2.13. The van der Waals surface area contributed by atoms with Crippen molar-refractivity contribution in [2.24, 2.45) is 0 Å². The Kier molecular flexibility index (Phi) is 6.03. The Morgan fingerprint density at radius 3 is 2.48 bits per heavy atom. The van der Waals surface area contributed by atoms with E-state index in [9.17, 15) is 0 Å². The summed E-state index contributed by atoms with van der Waals surface area (Å²) in [5, 5.41) is 3.31. The first-order valence-electron chi connectivity index (χ1n) is 7.27. The molecular formula is C17H22N2O2. The van der Waals surface area contributed by atoms with E-state index in [0.717, 1.165) is 35.8 Å². The van der Waals surface area contributed by atoms with Crippen LogP contribution in [0.15, 0.2) is 42.6 Å². The number of aryl methyl sites for hydroxylation is 1. The minimum atomic E-state index is 0.502. The van der Waals surface area contributed by atoms with Crippen molar-refractivity contribution in [3.05, 3.63) is 53.9 Å². The molecule has 1 N–H and O–H groups in total. The Labute approximate surface area is 126 Å². The second kappa shape index (κ2) is 8.27. The van der Waals surface area contributed by atoms with E-state index in [1.165, 1.54) is 0 Å². The van der Waals surface area contributed by atoms with Gasteiger partial charge in [-0.1, -0.05) is 25.1 Å². The molecule has 1 heterocycles. The van der Waals surface area contributed by atoms with Crippen LogP contribution >= 0.6 is 0 Å². The molecule has 0 saturated carbocycles. The number of nitrogens with zero attached hydrogens (tertiary/aromatic N) is 1. The van der Waals surface area contributed by atoms with E-state index >= 15 is 0 Å². The highest BCUT2D eigenvalue weighted by Crippen LogP contribution is 2.18. The van der Waals surface area contributed by atoms with Gasteiger partial charge in [0.15, 0.2) is 0 Å². The Morgan fingerprint density at radius 2 is 1.71 bits per heavy atom. The minimum absolute atomic E-state index is 0.502. The number of rotatable bonds is 8. The second-order valence-corrected chi connectivity index (χ2v) is 4.67. The van der Waals surface area contributed by atoms with Crippen LogP contribution in [0.2, 0.25) is 0 Å². The van der Waals surface area contributed by atoms with Crippen molar-refractivity contribution < 1.29 is 9.47 Å². The molecule has 0 aliphatic rings. The van der Waals surface area contributed by atoms with Crippen LogP contribution in [-0.4, -0.2) is 24.7 Å². The zero-order valence-corrected chi connectivity index (χ0v) is 12.6. The summed E-state index contributed by atoms with van der Waals surface area (Å²) < 4.78 is 11.5. The molecule has 0 amide bonds. The topological polar surface area (TPSA) is 43.4 Å². The zero-order chi connectivity index (χ0) is 14.9. The Hall–Kier alpha value is -2.07. The summed E-state index contributed by atoms with van der Waals surface area (Å²) in [5.41, 5.74) is 2.06. The highest BCUT2D eigenvalue weighted by Gasteiger charge is 2.03. The molecule has 0 aliphatic heterocycles. The van der Waals surface area contributed by atoms with Gasteiger partial charge in [0.25, 0.3) is 0 Å². The van der Waals surface area contributed by atoms with Crippen LogP contribution in [0.25, 0.3) is 0 Å². The lowest BCUT2D eigenvalue weighted by Crippen LogP contribution is -2.14. The molecule has 2 rings (SSSR count). The number of pyridine rings is 1. The number of aromatic nitrogens is 1. The fraction of sp³-hybridized carbons (Fsp3) is 0.353. The van der Waals surface area contributed by atoms with Crippen LogP contribution < -0.4 is 14.8 Å². The number of benzene rings is 1. The minimum Gasteiger partial charge on any atom is -0.490 e. The molecule has 1 aromatic carbocycles. The molecule has 21 heavy (non-hydrogen) atoms. The summed E-state index contributed by atoms with van der Waals surface area (Å²) in [6.45, 7) is 6.79. The molecule has 1 aromatic heterocycles. The van der Waals surface area contributed by atoms with Crippen molar-refractivity contribution in [2.45, 2.75) is 20.4 Å². The van der Waals surface area contributed by atoms with Gasteiger partial charge in [0.05, 0.1) is 5.69 Å². The highest BCUT2D eigenvalue weighted by atomic mass is 16.5. The molecule has 2 aromatic rings. The fourth-order valence-corrected chi connectivity index (χ4v) is 1.98. The summed E-state index contributed by atoms with van der Waals surface area (Å²) >= 11 is 0. The molecule has 0 aliphatic carbocycles. The Morgan fingerprint density at radius 1 is 1.00 bits per heavy atom. The van der Waals surface area contributed by atoms with Gasteiger partial charge in [0.1, 0.15) is 24.7 Å². The van der Waals surface area contributed by atoms with Crippen molar-refractivity contribution in [2.75, 3.05) is 19.8 Å². The maximum absolute atomic E-state index is 5.81. The average Bonchev–Trinajstić information content (AvgIpc) is 2.52. The fourth-order valence-electron chi connectivity index (χ4n) is 1.98. The third kappa shape index (κ3) is 4.76. The van der Waals surface area contributed by atoms with Crippen molar-refractivity contribution in [1.82, 2.24) is 10.3 Å². The van der Waals surface area contributed by atoms with E-state index in [2.05, 4.69) is 23.3 Å². The maximum atomic E-state index is 5.81. The van der Waals surface area contributed by atoms with E-state index in [4.69, 9.17) is 9.47 Å². The first-order chi connectivity index (χ1) is 10.3. The summed E-state index contributed by atoms with van der Waals surface area (Å²) in [4.78, 5) is 4.19. The number of nitrogens with one attached hydrogen (secondary N) is 1. The maximum Gasteiger partial charge on any atom is 0.140 e. The molecule has 0 saturated heterocycles. The molecule has 0 spiro atoms. The Balaban J connectivity index is 1.82. The normalized spacial score (nSPS) is 10.4. The third-order valence-corrected chi connectivity index (χ3v) is 3.09. The number of hydrogen-bond donors (Lipinski definition) is 1. The largest absolute Gasteiger partial charge is 0.490 e. The van der Waals surface area contributed by atoms with E-state index in [-0.39, 0.29) is 0 Å². The number of ether oxygens (including phenoxy) is 2. The van der Waals surface area contributed by atoms with Crippen LogP contribution in [0.1, 0.15) is 18.2 Å². The number of para-hydroxylation sites is 1. The molecule has 4 heteroatoms. The van der Waals surface area contributed by atoms with E-state index < -0.39 is 0 Å². The van der Waals surface area contributed by atoms with Gasteiger partial charge in [0.2, 0.25) is 0 Å². The zero-order valence-electron chi connectivity index (χ0n) is 12.6. The number of hydrogen-bond acceptors (Lipinski definition) is 4. The monoisotopic (exact) mass is 286 g/mol. The molecular weight excluding hydrogens is 264 g/mol. The van der Waals surface area contributed by atoms with Crippen LogP contribution in [0, 0.1) is 6.92 Å². The predicted molar refractivity (Wildman–Crippen MR) is 83.8 cm³/mol. The molecule has 0 radical (unpaired) electrons. The molecule has 0 fully saturated rings. The van der Waals surface area contributed by atoms with Gasteiger partial charge in [0, 0.05) is 18.3 Å². The second-order valence-electron chi connectivity index (χ2n) is 4.67. The lowest BCUT2D eigenvalue weighted by atomic mass is 10.2. The quantitative estimate of drug-likeness (QED) is 0.758. The van der Waals surface area contributed by atoms with E-state index in [1.807, 2.05) is 37.3 Å². The summed E-state index contributed by atoms with van der Waals surface area (Å²) in [6, 6.07) is 11.9. The van der Waals surface area contributed by atoms with Crippen LogP contribution in [-0.2, 0) is 6.54 Å². The molecule has 4 nitrogen and oxygen atoms in total. The van der Waals surface area contributed by atoms with Crippen molar-refractivity contribution in [1.29, 1.82) is 0 Å². The van der Waals surface area contributed by atoms with E-state index in [1.54, 1.807) is 6.20 Å². The molecule has 0 atom stereocenters. The summed E-state index contributed by atoms with van der Waals surface area (Å²) in [7, 11) is 0. The first-order valence-corrected chi connectivity index (χ1v) is 7.27. The average molecular weight is 286 g/mol. The third-order valence-electron chi connectivity index (χ3n) is 3.09. The van der Waals surface area contributed by atoms with E-state index in [0.29, 0.717) is 13.2 Å². The standard InChI is InChI=1S/C17H22N2O2/c1-3-18-13-15-7-4-5-8-17(15)21-12-11-20-16-9-6-10-19-14(16)2/h4-10,18H,3,11-13H2,1-2H3. The molecule has 0 bridgehead atoms. The van der Waals surface area contributed by atoms with Crippen LogP contribution in [0.4, 0.5) is 0 Å². The first kappa shape index (κ1) is 15.3. The van der Waals surface area contributed by atoms with Gasteiger partial charge in [-0.3, -0.25) is 4.98 Å². The van der Waals surface area contributed by atoms with Crippen molar-refractivity contribution in [3.8, 4) is 11.5 Å². The van der Waals surface area contributed by atoms with Gasteiger partial charge >= 0.3 is 0 Å². The van der Waals surface area contributed by atoms with Gasteiger partial charge in [-0.15, -0.1) is 0 Å². The van der Waals surface area contributed by atoms with Crippen LogP contribution in [0.3, 0.4) is 0 Å². The summed E-state index contributed by atoms with van der Waals surface area (Å²) in [5.74, 6) is 1.71. The SMILES string of the molecule is CCNCc1ccccc1OCCOc1cccnc1C. The van der Waals surface area contributed by atoms with Crippen LogP contribution in [0.5, 0.6) is 11.5 Å². The van der Waals surface area contributed by atoms with Crippen molar-refractivity contribution >= 4 is 0 Å². The highest BCUT2D eigenvalue weighted by molar-refractivity contribution is 5.33. The van der Waals surface area contributed by atoms with Crippen molar-refractivity contribution in [3.63, 3.8) is 0 Å². The summed E-state index contributed by atoms with van der Waals surface area (Å²) in [6.07, 6.45) is 1.76. The van der Waals surface area contributed by atoms with Gasteiger partial charge in [-0.2, -0.15) is 0 Å². The Bertz CT molecular complexity index is 558. The lowest BCUT2D eigenvalue weighted by molar-refractivity contribution is 0.214. The molecule has 0 unspecified atom stereocenters. The van der Waals surface area contributed by atoms with Gasteiger partial charge < -0.3 is 14.8 Å². The molecule has 112 valence electrons. The smallest absolute Gasteiger partial charge is 0.140 e. The van der Waals surface area contributed by atoms with Gasteiger partial charge in [-0.05, 0) is 31.7 Å². The van der Waals surface area contributed by atoms with Gasteiger partial charge in [-0.25, -0.2) is 0 Å².